The third-order valence-electron chi connectivity index (χ3n) is 6.35. The van der Waals surface area contributed by atoms with E-state index in [-0.39, 0.29) is 28.5 Å². The zero-order valence-corrected chi connectivity index (χ0v) is 22.1. The molecule has 8 nitrogen and oxygen atoms in total. The number of aromatic nitrogens is 5. The molecule has 0 saturated heterocycles. The molecule has 0 aliphatic carbocycles. The van der Waals surface area contributed by atoms with Crippen molar-refractivity contribution in [3.63, 3.8) is 0 Å². The monoisotopic (exact) mass is 572 g/mol. The van der Waals surface area contributed by atoms with E-state index in [4.69, 9.17) is 16.3 Å². The molecule has 40 heavy (non-hydrogen) atoms. The van der Waals surface area contributed by atoms with Crippen LogP contribution in [0.3, 0.4) is 0 Å². The van der Waals surface area contributed by atoms with Crippen LogP contribution in [0.1, 0.15) is 33.0 Å². The maximum atomic E-state index is 14.0. The number of methoxy groups -OCH3 is 1. The highest BCUT2D eigenvalue weighted by molar-refractivity contribution is 6.31. The number of hydrogen-bond donors (Lipinski definition) is 1. The highest BCUT2D eigenvalue weighted by Crippen LogP contribution is 2.33. The Labute approximate surface area is 230 Å². The maximum Gasteiger partial charge on any atom is 0.433 e. The van der Waals surface area contributed by atoms with Gasteiger partial charge in [0, 0.05) is 10.6 Å². The van der Waals surface area contributed by atoms with E-state index >= 15 is 0 Å². The molecule has 0 bridgehead atoms. The highest BCUT2D eigenvalue weighted by atomic mass is 35.5. The van der Waals surface area contributed by atoms with Gasteiger partial charge >= 0.3 is 6.18 Å². The van der Waals surface area contributed by atoms with Crippen LogP contribution in [-0.2, 0) is 12.7 Å². The number of alkyl halides is 3. The van der Waals surface area contributed by atoms with Crippen LogP contribution in [0.2, 0.25) is 5.02 Å². The van der Waals surface area contributed by atoms with Crippen LogP contribution in [-0.4, -0.2) is 37.4 Å². The third-order valence-corrected chi connectivity index (χ3v) is 6.70. The zero-order valence-electron chi connectivity index (χ0n) is 21.3. The summed E-state index contributed by atoms with van der Waals surface area (Å²) in [7, 11) is 1.48. The predicted molar refractivity (Wildman–Crippen MR) is 140 cm³/mol. The lowest BCUT2D eigenvalue weighted by molar-refractivity contribution is -0.142. The molecular weight excluding hydrogens is 552 g/mol. The first kappa shape index (κ1) is 27.1. The molecule has 3 heterocycles. The molecule has 206 valence electrons. The van der Waals surface area contributed by atoms with Gasteiger partial charge in [-0.2, -0.15) is 23.4 Å². The minimum absolute atomic E-state index is 0.00776. The number of ether oxygens (including phenoxy) is 1. The summed E-state index contributed by atoms with van der Waals surface area (Å²) in [6.07, 6.45) is -3.73. The summed E-state index contributed by atoms with van der Waals surface area (Å²) in [6.45, 7) is 3.59. The maximum absolute atomic E-state index is 14.0. The van der Waals surface area contributed by atoms with Crippen LogP contribution in [0.15, 0.2) is 54.7 Å². The van der Waals surface area contributed by atoms with Gasteiger partial charge in [-0.3, -0.25) is 9.48 Å². The topological polar surface area (TPSA) is 86.3 Å². The molecule has 0 unspecified atom stereocenters. The Morgan fingerprint density at radius 3 is 2.48 bits per heavy atom. The number of fused-ring (bicyclic) bond motifs is 1. The molecule has 1 amide bonds. The fraction of sp³-hybridized carbons (Fsp3) is 0.185. The Morgan fingerprint density at radius 2 is 1.82 bits per heavy atom. The molecule has 2 aromatic carbocycles. The van der Waals surface area contributed by atoms with Crippen molar-refractivity contribution < 1.29 is 27.1 Å². The molecule has 13 heteroatoms. The normalized spacial score (nSPS) is 11.7. The summed E-state index contributed by atoms with van der Waals surface area (Å²) in [4.78, 5) is 17.7. The van der Waals surface area contributed by atoms with Gasteiger partial charge in [-0.1, -0.05) is 17.7 Å². The second-order valence-electron chi connectivity index (χ2n) is 8.94. The van der Waals surface area contributed by atoms with Crippen LogP contribution >= 0.6 is 11.6 Å². The third kappa shape index (κ3) is 5.09. The Hall–Kier alpha value is -4.45. The van der Waals surface area contributed by atoms with Gasteiger partial charge in [0.25, 0.3) is 5.91 Å². The summed E-state index contributed by atoms with van der Waals surface area (Å²) >= 11 is 6.15. The van der Waals surface area contributed by atoms with Crippen molar-refractivity contribution in [2.45, 2.75) is 26.6 Å². The first-order valence-corrected chi connectivity index (χ1v) is 12.2. The van der Waals surface area contributed by atoms with Gasteiger partial charge in [0.2, 0.25) is 0 Å². The second kappa shape index (κ2) is 10.3. The number of anilines is 1. The Morgan fingerprint density at radius 1 is 1.10 bits per heavy atom. The van der Waals surface area contributed by atoms with Crippen LogP contribution in [0, 0.1) is 19.7 Å². The van der Waals surface area contributed by atoms with Gasteiger partial charge in [-0.05, 0) is 61.9 Å². The van der Waals surface area contributed by atoms with Gasteiger partial charge in [-0.15, -0.1) is 0 Å². The number of carbonyl (C=O) groups is 1. The first-order chi connectivity index (χ1) is 19.0. The van der Waals surface area contributed by atoms with Gasteiger partial charge < -0.3 is 10.1 Å². The molecule has 0 atom stereocenters. The summed E-state index contributed by atoms with van der Waals surface area (Å²) in [5.74, 6) is -0.660. The van der Waals surface area contributed by atoms with Crippen molar-refractivity contribution in [2.24, 2.45) is 0 Å². The Kier molecular flexibility index (Phi) is 6.96. The van der Waals surface area contributed by atoms with E-state index in [0.29, 0.717) is 38.5 Å². The molecule has 0 radical (unpaired) electrons. The van der Waals surface area contributed by atoms with Gasteiger partial charge in [0.1, 0.15) is 17.1 Å². The lowest BCUT2D eigenvalue weighted by Crippen LogP contribution is -2.16. The van der Waals surface area contributed by atoms with Crippen LogP contribution < -0.4 is 10.1 Å². The molecule has 0 saturated carbocycles. The van der Waals surface area contributed by atoms with Crippen molar-refractivity contribution in [3.05, 3.63) is 93.8 Å². The number of hydrogen-bond acceptors (Lipinski definition) is 5. The predicted octanol–water partition coefficient (Wildman–Crippen LogP) is 6.33. The molecular formula is C27H21ClF4N6O2. The average Bonchev–Trinajstić information content (AvgIpc) is 3.45. The fourth-order valence-electron chi connectivity index (χ4n) is 4.26. The fourth-order valence-corrected chi connectivity index (χ4v) is 4.49. The largest absolute Gasteiger partial charge is 0.497 e. The van der Waals surface area contributed by atoms with Crippen molar-refractivity contribution in [1.82, 2.24) is 24.4 Å². The molecule has 3 aromatic heterocycles. The average molecular weight is 573 g/mol. The van der Waals surface area contributed by atoms with E-state index in [0.717, 1.165) is 12.3 Å². The van der Waals surface area contributed by atoms with E-state index in [2.05, 4.69) is 20.5 Å². The van der Waals surface area contributed by atoms with Crippen molar-refractivity contribution in [3.8, 4) is 17.0 Å². The SMILES string of the molecule is COc1ccc(-c2cc(C(F)(F)F)n3ncc(C(=O)Nc4c(C)nn(Cc5ccc(F)cc5Cl)c4C)c3n2)cc1. The standard InChI is InChI=1S/C27H21ClF4N6O2/c1-14-24(15(2)37(36-14)13-17-4-7-18(29)10-21(17)28)35-26(39)20-12-33-38-23(27(30,31)32)11-22(34-25(20)38)16-5-8-19(40-3)9-6-16/h4-12H,13H2,1-3H3,(H,35,39). The van der Waals surface area contributed by atoms with Crippen LogP contribution in [0.5, 0.6) is 5.75 Å². The number of benzene rings is 2. The lowest BCUT2D eigenvalue weighted by Gasteiger charge is -2.12. The zero-order chi connectivity index (χ0) is 28.8. The number of aryl methyl sites for hydroxylation is 1. The molecule has 1 N–H and O–H groups in total. The minimum atomic E-state index is -4.77. The van der Waals surface area contributed by atoms with Gasteiger partial charge in [-0.25, -0.2) is 13.9 Å². The lowest BCUT2D eigenvalue weighted by atomic mass is 10.1. The quantitative estimate of drug-likeness (QED) is 0.240. The number of amides is 1. The van der Waals surface area contributed by atoms with Crippen LogP contribution in [0.4, 0.5) is 23.2 Å². The van der Waals surface area contributed by atoms with Gasteiger partial charge in [0.05, 0.1) is 42.6 Å². The summed E-state index contributed by atoms with van der Waals surface area (Å²) < 4.78 is 62.7. The molecule has 0 aliphatic rings. The number of rotatable bonds is 6. The summed E-state index contributed by atoms with van der Waals surface area (Å²) in [5, 5.41) is 11.2. The molecule has 0 aliphatic heterocycles. The first-order valence-electron chi connectivity index (χ1n) is 11.9. The van der Waals surface area contributed by atoms with Gasteiger partial charge in [0.15, 0.2) is 11.3 Å². The molecule has 5 rings (SSSR count). The molecule has 5 aromatic rings. The van der Waals surface area contributed by atoms with Crippen molar-refractivity contribution in [1.29, 1.82) is 0 Å². The number of halogens is 5. The van der Waals surface area contributed by atoms with E-state index in [9.17, 15) is 22.4 Å². The van der Waals surface area contributed by atoms with E-state index in [1.807, 2.05) is 0 Å². The number of nitrogens with zero attached hydrogens (tertiary/aromatic N) is 5. The van der Waals surface area contributed by atoms with E-state index in [1.165, 1.54) is 25.3 Å². The molecule has 0 spiro atoms. The summed E-state index contributed by atoms with van der Waals surface area (Å²) in [5.41, 5.74) is 0.900. The minimum Gasteiger partial charge on any atom is -0.497 e. The van der Waals surface area contributed by atoms with Crippen molar-refractivity contribution in [2.75, 3.05) is 12.4 Å². The smallest absolute Gasteiger partial charge is 0.433 e. The molecule has 0 fully saturated rings. The van der Waals surface area contributed by atoms with E-state index < -0.39 is 23.6 Å². The number of nitrogens with one attached hydrogen (secondary N) is 1. The van der Waals surface area contributed by atoms with Crippen molar-refractivity contribution >= 4 is 28.8 Å². The highest BCUT2D eigenvalue weighted by Gasteiger charge is 2.36. The Balaban J connectivity index is 1.51. The Bertz CT molecular complexity index is 1750. The van der Waals surface area contributed by atoms with Crippen LogP contribution in [0.25, 0.3) is 16.9 Å². The summed E-state index contributed by atoms with van der Waals surface area (Å²) in [6, 6.07) is 11.2. The van der Waals surface area contributed by atoms with E-state index in [1.54, 1.807) is 42.8 Å². The second-order valence-corrected chi connectivity index (χ2v) is 9.35. The number of carbonyl (C=O) groups excluding carboxylic acids is 1.